The Morgan fingerprint density at radius 2 is 1.64 bits per heavy atom. The smallest absolute Gasteiger partial charge is 0.383 e. The topological polar surface area (TPSA) is 94.8 Å². The summed E-state index contributed by atoms with van der Waals surface area (Å²) in [6.45, 7) is 0.930. The molecule has 8 nitrogen and oxygen atoms in total. The van der Waals surface area contributed by atoms with Crippen molar-refractivity contribution in [3.05, 3.63) is 35.7 Å². The van der Waals surface area contributed by atoms with Gasteiger partial charge in [0.2, 0.25) is 11.6 Å². The van der Waals surface area contributed by atoms with E-state index in [-0.39, 0.29) is 43.3 Å². The highest BCUT2D eigenvalue weighted by Crippen LogP contribution is 2.29. The number of methoxy groups -OCH3 is 2. The van der Waals surface area contributed by atoms with Crippen LogP contribution < -0.4 is 0 Å². The van der Waals surface area contributed by atoms with Crippen LogP contribution in [0.4, 0.5) is 13.2 Å². The van der Waals surface area contributed by atoms with Crippen molar-refractivity contribution in [2.24, 2.45) is 0 Å². The summed E-state index contributed by atoms with van der Waals surface area (Å²) in [6.07, 6.45) is -4.75. The maximum atomic E-state index is 12.5. The van der Waals surface area contributed by atoms with Gasteiger partial charge < -0.3 is 18.9 Å². The summed E-state index contributed by atoms with van der Waals surface area (Å²) in [5.41, 5.74) is 0.284. The summed E-state index contributed by atoms with van der Waals surface area (Å²) in [7, 11) is 2.95. The van der Waals surface area contributed by atoms with Gasteiger partial charge in [-0.3, -0.25) is 9.59 Å². The summed E-state index contributed by atoms with van der Waals surface area (Å²) < 4.78 is 51.6. The number of carbonyl (C=O) groups excluding carboxylic acids is 2. The molecule has 0 atom stereocenters. The van der Waals surface area contributed by atoms with Crippen LogP contribution in [0.2, 0.25) is 0 Å². The van der Waals surface area contributed by atoms with E-state index in [1.165, 1.54) is 43.4 Å². The molecule has 0 aliphatic carbocycles. The lowest BCUT2D eigenvalue weighted by molar-refractivity contribution is -0.159. The fraction of sp³-hybridized carbons (Fsp3) is 0.412. The van der Waals surface area contributed by atoms with Gasteiger partial charge in [0.05, 0.1) is 13.2 Å². The number of ketones is 1. The van der Waals surface area contributed by atoms with E-state index in [0.717, 1.165) is 0 Å². The zero-order valence-corrected chi connectivity index (χ0v) is 15.2. The number of hydrogen-bond donors (Lipinski definition) is 0. The van der Waals surface area contributed by atoms with Crippen molar-refractivity contribution in [3.63, 3.8) is 0 Å². The van der Waals surface area contributed by atoms with E-state index in [1.54, 1.807) is 0 Å². The highest BCUT2D eigenvalue weighted by molar-refractivity contribution is 6.42. The van der Waals surface area contributed by atoms with Crippen LogP contribution in [0.3, 0.4) is 0 Å². The molecule has 0 aliphatic rings. The fourth-order valence-corrected chi connectivity index (χ4v) is 2.21. The average Bonchev–Trinajstić information content (AvgIpc) is 3.18. The predicted molar refractivity (Wildman–Crippen MR) is 89.4 cm³/mol. The Balaban J connectivity index is 2.13. The molecule has 1 amide bonds. The molecule has 0 bridgehead atoms. The maximum absolute atomic E-state index is 12.5. The Hall–Kier alpha value is -2.79. The van der Waals surface area contributed by atoms with E-state index < -0.39 is 23.8 Å². The molecule has 152 valence electrons. The summed E-state index contributed by atoms with van der Waals surface area (Å²) in [5.74, 6) is -3.24. The molecule has 1 aromatic carbocycles. The SMILES string of the molecule is COCCN(CCOC)C(=O)C(=O)c1ccc(-c2noc(C(F)(F)F)n2)cc1. The molecule has 1 aromatic heterocycles. The van der Waals surface area contributed by atoms with Gasteiger partial charge in [-0.2, -0.15) is 18.2 Å². The molecule has 2 rings (SSSR count). The Bertz CT molecular complexity index is 797. The number of amides is 1. The van der Waals surface area contributed by atoms with Crippen LogP contribution >= 0.6 is 0 Å². The molecule has 28 heavy (non-hydrogen) atoms. The first-order chi connectivity index (χ1) is 13.3. The predicted octanol–water partition coefficient (Wildman–Crippen LogP) is 2.06. The Kier molecular flexibility index (Phi) is 7.24. The summed E-state index contributed by atoms with van der Waals surface area (Å²) in [6, 6.07) is 5.29. The van der Waals surface area contributed by atoms with Gasteiger partial charge in [0.15, 0.2) is 0 Å². The first kappa shape index (κ1) is 21.5. The number of aromatic nitrogens is 2. The fourth-order valence-electron chi connectivity index (χ4n) is 2.21. The number of ether oxygens (including phenoxy) is 2. The summed E-state index contributed by atoms with van der Waals surface area (Å²) in [4.78, 5) is 29.4. The minimum Gasteiger partial charge on any atom is -0.383 e. The number of benzene rings is 1. The number of nitrogens with zero attached hydrogens (tertiary/aromatic N) is 3. The number of halogens is 3. The average molecular weight is 401 g/mol. The number of carbonyl (C=O) groups is 2. The summed E-state index contributed by atoms with van der Waals surface area (Å²) in [5, 5.41) is 3.26. The van der Waals surface area contributed by atoms with Crippen LogP contribution in [0, 0.1) is 0 Å². The summed E-state index contributed by atoms with van der Waals surface area (Å²) >= 11 is 0. The maximum Gasteiger partial charge on any atom is 0.471 e. The van der Waals surface area contributed by atoms with Gasteiger partial charge in [-0.25, -0.2) is 0 Å². The van der Waals surface area contributed by atoms with Crippen LogP contribution in [-0.2, 0) is 20.4 Å². The third-order valence-electron chi connectivity index (χ3n) is 3.69. The largest absolute Gasteiger partial charge is 0.471 e. The van der Waals surface area contributed by atoms with Gasteiger partial charge in [-0.05, 0) is 0 Å². The standard InChI is InChI=1S/C17H18F3N3O5/c1-26-9-7-23(8-10-27-2)15(25)13(24)11-3-5-12(6-4-11)14-21-16(28-22-14)17(18,19)20/h3-6H,7-10H2,1-2H3. The Morgan fingerprint density at radius 1 is 1.07 bits per heavy atom. The van der Waals surface area contributed by atoms with Gasteiger partial charge in [0, 0.05) is 38.4 Å². The Morgan fingerprint density at radius 3 is 2.11 bits per heavy atom. The van der Waals surface area contributed by atoms with Gasteiger partial charge in [0.1, 0.15) is 0 Å². The lowest BCUT2D eigenvalue weighted by Crippen LogP contribution is -2.40. The molecule has 0 saturated carbocycles. The Labute approximate surface area is 158 Å². The van der Waals surface area contributed by atoms with E-state index >= 15 is 0 Å². The van der Waals surface area contributed by atoms with Gasteiger partial charge in [0.25, 0.3) is 5.91 Å². The third-order valence-corrected chi connectivity index (χ3v) is 3.69. The van der Waals surface area contributed by atoms with Gasteiger partial charge in [-0.1, -0.05) is 29.4 Å². The third kappa shape index (κ3) is 5.36. The normalized spacial score (nSPS) is 11.5. The zero-order chi connectivity index (χ0) is 20.7. The van der Waals surface area contributed by atoms with Crippen LogP contribution in [0.1, 0.15) is 16.2 Å². The van der Waals surface area contributed by atoms with Crippen molar-refractivity contribution in [3.8, 4) is 11.4 Å². The molecular formula is C17H18F3N3O5. The van der Waals surface area contributed by atoms with Crippen molar-refractivity contribution in [1.29, 1.82) is 0 Å². The number of alkyl halides is 3. The molecule has 0 N–H and O–H groups in total. The second kappa shape index (κ2) is 9.42. The molecule has 0 fully saturated rings. The van der Waals surface area contributed by atoms with Gasteiger partial charge in [-0.15, -0.1) is 0 Å². The van der Waals surface area contributed by atoms with Crippen molar-refractivity contribution in [2.45, 2.75) is 6.18 Å². The molecule has 0 radical (unpaired) electrons. The van der Waals surface area contributed by atoms with E-state index in [4.69, 9.17) is 9.47 Å². The second-order valence-corrected chi connectivity index (χ2v) is 5.61. The van der Waals surface area contributed by atoms with Crippen LogP contribution in [0.25, 0.3) is 11.4 Å². The van der Waals surface area contributed by atoms with E-state index in [2.05, 4.69) is 14.7 Å². The monoisotopic (exact) mass is 401 g/mol. The molecule has 0 spiro atoms. The number of Topliss-reactive ketones (excluding diaryl/α,β-unsaturated/α-hetero) is 1. The first-order valence-corrected chi connectivity index (χ1v) is 8.10. The quantitative estimate of drug-likeness (QED) is 0.469. The second-order valence-electron chi connectivity index (χ2n) is 5.61. The molecule has 0 saturated heterocycles. The van der Waals surface area contributed by atoms with Crippen LogP contribution in [0.15, 0.2) is 28.8 Å². The molecule has 0 unspecified atom stereocenters. The van der Waals surface area contributed by atoms with Crippen molar-refractivity contribution in [2.75, 3.05) is 40.5 Å². The number of rotatable bonds is 9. The lowest BCUT2D eigenvalue weighted by Gasteiger charge is -2.21. The van der Waals surface area contributed by atoms with E-state index in [9.17, 15) is 22.8 Å². The highest BCUT2D eigenvalue weighted by Gasteiger charge is 2.38. The van der Waals surface area contributed by atoms with E-state index in [0.29, 0.717) is 0 Å². The van der Waals surface area contributed by atoms with Crippen LogP contribution in [-0.4, -0.2) is 67.3 Å². The van der Waals surface area contributed by atoms with E-state index in [1.807, 2.05) is 0 Å². The number of hydrogen-bond acceptors (Lipinski definition) is 7. The molecule has 2 aromatic rings. The highest BCUT2D eigenvalue weighted by atomic mass is 19.4. The van der Waals surface area contributed by atoms with Crippen molar-refractivity contribution < 1.29 is 36.8 Å². The van der Waals surface area contributed by atoms with Gasteiger partial charge >= 0.3 is 12.1 Å². The minimum absolute atomic E-state index is 0.0770. The van der Waals surface area contributed by atoms with Crippen molar-refractivity contribution in [1.82, 2.24) is 15.0 Å². The zero-order valence-electron chi connectivity index (χ0n) is 15.2. The van der Waals surface area contributed by atoms with Crippen LogP contribution in [0.5, 0.6) is 0 Å². The van der Waals surface area contributed by atoms with Crippen molar-refractivity contribution >= 4 is 11.7 Å². The molecule has 0 aliphatic heterocycles. The minimum atomic E-state index is -4.75. The molecular weight excluding hydrogens is 383 g/mol. The molecule has 1 heterocycles. The molecule has 11 heteroatoms. The lowest BCUT2D eigenvalue weighted by atomic mass is 10.1. The first-order valence-electron chi connectivity index (χ1n) is 8.10.